The molecule has 16 heavy (non-hydrogen) atoms. The molecular formula is C10H18F4N2. The summed E-state index contributed by atoms with van der Waals surface area (Å²) in [6.45, 7) is 2.13. The van der Waals surface area contributed by atoms with Crippen LogP contribution >= 0.6 is 0 Å². The SMILES string of the molecule is CC(F)(F)CNCCN1CCC(F)(F)CC1. The van der Waals surface area contributed by atoms with Gasteiger partial charge < -0.3 is 10.2 Å². The van der Waals surface area contributed by atoms with Crippen molar-refractivity contribution in [1.29, 1.82) is 0 Å². The standard InChI is InChI=1S/C10H18F4N2/c1-9(11,12)8-15-4-7-16-5-2-10(13,14)3-6-16/h15H,2-8H2,1H3. The van der Waals surface area contributed by atoms with Crippen LogP contribution in [0.15, 0.2) is 0 Å². The van der Waals surface area contributed by atoms with Crippen molar-refractivity contribution < 1.29 is 17.6 Å². The third kappa shape index (κ3) is 5.65. The first-order valence-corrected chi connectivity index (χ1v) is 5.47. The normalized spacial score (nSPS) is 22.3. The molecule has 1 heterocycles. The zero-order chi connectivity index (χ0) is 12.2. The van der Waals surface area contributed by atoms with Gasteiger partial charge in [-0.15, -0.1) is 0 Å². The van der Waals surface area contributed by atoms with E-state index in [2.05, 4.69) is 5.32 Å². The number of rotatable bonds is 5. The number of nitrogens with one attached hydrogen (secondary N) is 1. The third-order valence-electron chi connectivity index (χ3n) is 2.63. The number of halogens is 4. The lowest BCUT2D eigenvalue weighted by molar-refractivity contribution is -0.0549. The van der Waals surface area contributed by atoms with E-state index in [0.717, 1.165) is 6.92 Å². The molecule has 1 rings (SSSR count). The Morgan fingerprint density at radius 3 is 2.31 bits per heavy atom. The number of likely N-dealkylation sites (tertiary alicyclic amines) is 1. The van der Waals surface area contributed by atoms with E-state index in [1.807, 2.05) is 4.90 Å². The maximum Gasteiger partial charge on any atom is 0.257 e. The molecule has 1 fully saturated rings. The molecule has 1 aliphatic rings. The van der Waals surface area contributed by atoms with Crippen molar-refractivity contribution in [2.24, 2.45) is 0 Å². The van der Waals surface area contributed by atoms with Crippen LogP contribution in [-0.2, 0) is 0 Å². The first-order chi connectivity index (χ1) is 7.29. The van der Waals surface area contributed by atoms with E-state index in [-0.39, 0.29) is 19.4 Å². The Bertz CT molecular complexity index is 205. The minimum atomic E-state index is -2.71. The third-order valence-corrected chi connectivity index (χ3v) is 2.63. The molecule has 0 saturated carbocycles. The van der Waals surface area contributed by atoms with Gasteiger partial charge in [-0.2, -0.15) is 0 Å². The largest absolute Gasteiger partial charge is 0.310 e. The van der Waals surface area contributed by atoms with Gasteiger partial charge in [-0.1, -0.05) is 0 Å². The summed E-state index contributed by atoms with van der Waals surface area (Å²) in [7, 11) is 0. The quantitative estimate of drug-likeness (QED) is 0.585. The van der Waals surface area contributed by atoms with Crippen LogP contribution in [0.1, 0.15) is 19.8 Å². The minimum Gasteiger partial charge on any atom is -0.310 e. The summed E-state index contributed by atoms with van der Waals surface area (Å²) in [5.41, 5.74) is 0. The van der Waals surface area contributed by atoms with Crippen molar-refractivity contribution in [3.63, 3.8) is 0 Å². The van der Waals surface area contributed by atoms with Gasteiger partial charge in [0.1, 0.15) is 0 Å². The smallest absolute Gasteiger partial charge is 0.257 e. The maximum atomic E-state index is 12.8. The van der Waals surface area contributed by atoms with Gasteiger partial charge in [0.2, 0.25) is 0 Å². The Hall–Kier alpha value is -0.360. The summed E-state index contributed by atoms with van der Waals surface area (Å²) in [5, 5.41) is 2.61. The molecule has 0 amide bonds. The van der Waals surface area contributed by atoms with E-state index in [4.69, 9.17) is 0 Å². The van der Waals surface area contributed by atoms with Gasteiger partial charge in [-0.3, -0.25) is 0 Å². The summed E-state index contributed by atoms with van der Waals surface area (Å²) in [5.74, 6) is -5.25. The molecule has 0 aromatic heterocycles. The Kier molecular flexibility index (Phi) is 4.55. The van der Waals surface area contributed by atoms with Gasteiger partial charge in [0, 0.05) is 45.9 Å². The monoisotopic (exact) mass is 242 g/mol. The van der Waals surface area contributed by atoms with Gasteiger partial charge in [0.15, 0.2) is 0 Å². The first-order valence-electron chi connectivity index (χ1n) is 5.47. The number of nitrogens with zero attached hydrogens (tertiary/aromatic N) is 1. The van der Waals surface area contributed by atoms with E-state index in [1.165, 1.54) is 0 Å². The zero-order valence-corrected chi connectivity index (χ0v) is 9.41. The predicted octanol–water partition coefficient (Wildman–Crippen LogP) is 1.96. The molecule has 0 atom stereocenters. The second-order valence-electron chi connectivity index (χ2n) is 4.44. The molecule has 0 bridgehead atoms. The maximum absolute atomic E-state index is 12.8. The molecule has 0 aromatic rings. The van der Waals surface area contributed by atoms with Crippen molar-refractivity contribution in [3.8, 4) is 0 Å². The number of alkyl halides is 4. The van der Waals surface area contributed by atoms with Crippen molar-refractivity contribution in [2.75, 3.05) is 32.7 Å². The fourth-order valence-corrected chi connectivity index (χ4v) is 1.65. The highest BCUT2D eigenvalue weighted by Crippen LogP contribution is 2.27. The van der Waals surface area contributed by atoms with Crippen LogP contribution in [0.3, 0.4) is 0 Å². The molecule has 1 aliphatic heterocycles. The highest BCUT2D eigenvalue weighted by Gasteiger charge is 2.33. The topological polar surface area (TPSA) is 15.3 Å². The van der Waals surface area contributed by atoms with Crippen LogP contribution in [-0.4, -0.2) is 49.5 Å². The second kappa shape index (κ2) is 5.31. The average Bonchev–Trinajstić information content (AvgIpc) is 2.13. The van der Waals surface area contributed by atoms with Gasteiger partial charge in [-0.25, -0.2) is 17.6 Å². The summed E-state index contributed by atoms with van der Waals surface area (Å²) in [6.07, 6.45) is -0.256. The fourth-order valence-electron chi connectivity index (χ4n) is 1.65. The lowest BCUT2D eigenvalue weighted by atomic mass is 10.1. The average molecular weight is 242 g/mol. The summed E-state index contributed by atoms with van der Waals surface area (Å²) in [4.78, 5) is 1.87. The molecular weight excluding hydrogens is 224 g/mol. The Morgan fingerprint density at radius 1 is 1.25 bits per heavy atom. The van der Waals surface area contributed by atoms with Crippen molar-refractivity contribution in [1.82, 2.24) is 10.2 Å². The van der Waals surface area contributed by atoms with E-state index >= 15 is 0 Å². The Labute approximate surface area is 93.0 Å². The van der Waals surface area contributed by atoms with Crippen LogP contribution in [0.25, 0.3) is 0 Å². The molecule has 1 N–H and O–H groups in total. The molecule has 1 saturated heterocycles. The van der Waals surface area contributed by atoms with Gasteiger partial charge in [-0.05, 0) is 0 Å². The van der Waals surface area contributed by atoms with Crippen LogP contribution < -0.4 is 5.32 Å². The van der Waals surface area contributed by atoms with Crippen LogP contribution in [0.4, 0.5) is 17.6 Å². The van der Waals surface area contributed by atoms with Crippen molar-refractivity contribution in [3.05, 3.63) is 0 Å². The molecule has 0 radical (unpaired) electrons. The highest BCUT2D eigenvalue weighted by atomic mass is 19.3. The molecule has 0 spiro atoms. The lowest BCUT2D eigenvalue weighted by Gasteiger charge is -2.31. The fraction of sp³-hybridized carbons (Fsp3) is 1.00. The van der Waals surface area contributed by atoms with E-state index in [1.54, 1.807) is 0 Å². The van der Waals surface area contributed by atoms with Crippen LogP contribution in [0.2, 0.25) is 0 Å². The first kappa shape index (κ1) is 13.7. The summed E-state index contributed by atoms with van der Waals surface area (Å²) in [6, 6.07) is 0. The number of piperidine rings is 1. The highest BCUT2D eigenvalue weighted by molar-refractivity contribution is 4.77. The van der Waals surface area contributed by atoms with Gasteiger partial charge in [0.05, 0.1) is 6.54 Å². The molecule has 0 unspecified atom stereocenters. The summed E-state index contributed by atoms with van der Waals surface area (Å²) >= 11 is 0. The minimum absolute atomic E-state index is 0.128. The molecule has 96 valence electrons. The zero-order valence-electron chi connectivity index (χ0n) is 9.41. The number of hydrogen-bond acceptors (Lipinski definition) is 2. The Morgan fingerprint density at radius 2 is 1.81 bits per heavy atom. The van der Waals surface area contributed by atoms with Crippen molar-refractivity contribution >= 4 is 0 Å². The lowest BCUT2D eigenvalue weighted by Crippen LogP contribution is -2.43. The molecule has 6 heteroatoms. The molecule has 0 aliphatic carbocycles. The van der Waals surface area contributed by atoms with Gasteiger partial charge in [0.25, 0.3) is 11.8 Å². The van der Waals surface area contributed by atoms with E-state index in [9.17, 15) is 17.6 Å². The van der Waals surface area contributed by atoms with E-state index < -0.39 is 11.8 Å². The van der Waals surface area contributed by atoms with E-state index in [0.29, 0.717) is 26.2 Å². The van der Waals surface area contributed by atoms with Gasteiger partial charge >= 0.3 is 0 Å². The molecule has 2 nitrogen and oxygen atoms in total. The number of hydrogen-bond donors (Lipinski definition) is 1. The van der Waals surface area contributed by atoms with Crippen molar-refractivity contribution in [2.45, 2.75) is 31.6 Å². The van der Waals surface area contributed by atoms with Crippen LogP contribution in [0, 0.1) is 0 Å². The predicted molar refractivity (Wildman–Crippen MR) is 54.1 cm³/mol. The van der Waals surface area contributed by atoms with Crippen LogP contribution in [0.5, 0.6) is 0 Å². The Balaban J connectivity index is 2.07. The second-order valence-corrected chi connectivity index (χ2v) is 4.44. The molecule has 0 aromatic carbocycles. The summed E-state index contributed by atoms with van der Waals surface area (Å²) < 4.78 is 50.4.